The molecule has 2 heteroatoms. The summed E-state index contributed by atoms with van der Waals surface area (Å²) in [5, 5.41) is 3.74. The van der Waals surface area contributed by atoms with Crippen LogP contribution in [0.15, 0.2) is 0 Å². The first-order valence-electron chi connectivity index (χ1n) is 6.72. The van der Waals surface area contributed by atoms with Crippen molar-refractivity contribution < 1.29 is 0 Å². The molecule has 0 aromatic heterocycles. The quantitative estimate of drug-likeness (QED) is 0.700. The SMILES string of the molecule is CCCCCN1CCNC(C)(C2CC2)C1. The Kier molecular flexibility index (Phi) is 3.68. The Morgan fingerprint density at radius 1 is 1.33 bits per heavy atom. The summed E-state index contributed by atoms with van der Waals surface area (Å²) in [7, 11) is 0. The monoisotopic (exact) mass is 210 g/mol. The first kappa shape index (κ1) is 11.4. The lowest BCUT2D eigenvalue weighted by atomic mass is 9.93. The molecule has 1 aliphatic heterocycles. The predicted molar refractivity (Wildman–Crippen MR) is 65.1 cm³/mol. The third-order valence-corrected chi connectivity index (χ3v) is 4.07. The lowest BCUT2D eigenvalue weighted by molar-refractivity contribution is 0.125. The number of piperazine rings is 1. The zero-order valence-corrected chi connectivity index (χ0v) is 10.4. The molecule has 0 aromatic rings. The van der Waals surface area contributed by atoms with Gasteiger partial charge in [0, 0.05) is 25.2 Å². The van der Waals surface area contributed by atoms with Crippen molar-refractivity contribution in [1.29, 1.82) is 0 Å². The van der Waals surface area contributed by atoms with Crippen LogP contribution in [-0.2, 0) is 0 Å². The van der Waals surface area contributed by atoms with Gasteiger partial charge in [-0.15, -0.1) is 0 Å². The molecule has 0 radical (unpaired) electrons. The number of nitrogens with one attached hydrogen (secondary N) is 1. The van der Waals surface area contributed by atoms with E-state index in [4.69, 9.17) is 0 Å². The van der Waals surface area contributed by atoms with Crippen molar-refractivity contribution in [2.75, 3.05) is 26.2 Å². The molecule has 1 heterocycles. The Bertz CT molecular complexity index is 201. The molecule has 15 heavy (non-hydrogen) atoms. The first-order valence-corrected chi connectivity index (χ1v) is 6.72. The summed E-state index contributed by atoms with van der Waals surface area (Å²) in [6.07, 6.45) is 7.02. The van der Waals surface area contributed by atoms with Crippen molar-refractivity contribution in [2.24, 2.45) is 5.92 Å². The van der Waals surface area contributed by atoms with E-state index in [1.807, 2.05) is 0 Å². The van der Waals surface area contributed by atoms with Gasteiger partial charge in [0.05, 0.1) is 0 Å². The summed E-state index contributed by atoms with van der Waals surface area (Å²) >= 11 is 0. The van der Waals surface area contributed by atoms with Crippen molar-refractivity contribution in [3.05, 3.63) is 0 Å². The summed E-state index contributed by atoms with van der Waals surface area (Å²) in [6.45, 7) is 9.76. The summed E-state index contributed by atoms with van der Waals surface area (Å²) in [4.78, 5) is 2.67. The molecule has 1 aliphatic carbocycles. The van der Waals surface area contributed by atoms with Gasteiger partial charge in [-0.05, 0) is 38.6 Å². The number of rotatable bonds is 5. The van der Waals surface area contributed by atoms with E-state index in [-0.39, 0.29) is 0 Å². The average molecular weight is 210 g/mol. The van der Waals surface area contributed by atoms with E-state index >= 15 is 0 Å². The Morgan fingerprint density at radius 2 is 2.13 bits per heavy atom. The van der Waals surface area contributed by atoms with Gasteiger partial charge in [0.2, 0.25) is 0 Å². The van der Waals surface area contributed by atoms with E-state index in [9.17, 15) is 0 Å². The van der Waals surface area contributed by atoms with Gasteiger partial charge in [-0.3, -0.25) is 0 Å². The van der Waals surface area contributed by atoms with E-state index in [2.05, 4.69) is 24.1 Å². The Hall–Kier alpha value is -0.0800. The second-order valence-corrected chi connectivity index (χ2v) is 5.60. The topological polar surface area (TPSA) is 15.3 Å². The van der Waals surface area contributed by atoms with Crippen molar-refractivity contribution in [3.8, 4) is 0 Å². The fourth-order valence-electron chi connectivity index (χ4n) is 2.87. The number of nitrogens with zero attached hydrogens (tertiary/aromatic N) is 1. The fourth-order valence-corrected chi connectivity index (χ4v) is 2.87. The summed E-state index contributed by atoms with van der Waals surface area (Å²) in [5.74, 6) is 0.964. The molecular weight excluding hydrogens is 184 g/mol. The largest absolute Gasteiger partial charge is 0.309 e. The van der Waals surface area contributed by atoms with Crippen molar-refractivity contribution in [3.63, 3.8) is 0 Å². The maximum atomic E-state index is 3.74. The second kappa shape index (κ2) is 4.84. The molecule has 0 spiro atoms. The van der Waals surface area contributed by atoms with Crippen LogP contribution < -0.4 is 5.32 Å². The first-order chi connectivity index (χ1) is 7.24. The third-order valence-electron chi connectivity index (χ3n) is 4.07. The van der Waals surface area contributed by atoms with E-state index < -0.39 is 0 Å². The van der Waals surface area contributed by atoms with Crippen LogP contribution in [0.4, 0.5) is 0 Å². The van der Waals surface area contributed by atoms with Gasteiger partial charge in [-0.1, -0.05) is 19.8 Å². The zero-order chi connectivity index (χ0) is 10.7. The van der Waals surface area contributed by atoms with Gasteiger partial charge < -0.3 is 10.2 Å². The highest BCUT2D eigenvalue weighted by Crippen LogP contribution is 2.40. The van der Waals surface area contributed by atoms with Crippen LogP contribution in [0.5, 0.6) is 0 Å². The molecular formula is C13H26N2. The van der Waals surface area contributed by atoms with Crippen molar-refractivity contribution >= 4 is 0 Å². The third kappa shape index (κ3) is 2.94. The molecule has 1 unspecified atom stereocenters. The van der Waals surface area contributed by atoms with Crippen LogP contribution in [0.25, 0.3) is 0 Å². The van der Waals surface area contributed by atoms with E-state index in [0.717, 1.165) is 5.92 Å². The number of hydrogen-bond donors (Lipinski definition) is 1. The minimum atomic E-state index is 0.435. The van der Waals surface area contributed by atoms with Gasteiger partial charge in [0.15, 0.2) is 0 Å². The molecule has 0 amide bonds. The number of unbranched alkanes of at least 4 members (excludes halogenated alkanes) is 2. The number of hydrogen-bond acceptors (Lipinski definition) is 2. The van der Waals surface area contributed by atoms with Crippen molar-refractivity contribution in [1.82, 2.24) is 10.2 Å². The summed E-state index contributed by atoms with van der Waals surface area (Å²) in [6, 6.07) is 0. The van der Waals surface area contributed by atoms with E-state index in [1.54, 1.807) is 0 Å². The maximum absolute atomic E-state index is 3.74. The van der Waals surface area contributed by atoms with Gasteiger partial charge in [0.1, 0.15) is 0 Å². The van der Waals surface area contributed by atoms with Crippen LogP contribution in [-0.4, -0.2) is 36.6 Å². The summed E-state index contributed by atoms with van der Waals surface area (Å²) < 4.78 is 0. The lowest BCUT2D eigenvalue weighted by Gasteiger charge is -2.42. The Balaban J connectivity index is 1.76. The minimum Gasteiger partial charge on any atom is -0.309 e. The highest BCUT2D eigenvalue weighted by atomic mass is 15.2. The Morgan fingerprint density at radius 3 is 2.80 bits per heavy atom. The Labute approximate surface area is 94.4 Å². The molecule has 1 atom stereocenters. The van der Waals surface area contributed by atoms with Crippen molar-refractivity contribution in [2.45, 2.75) is 51.5 Å². The van der Waals surface area contributed by atoms with Gasteiger partial charge >= 0.3 is 0 Å². The molecule has 0 aromatic carbocycles. The normalized spacial score (nSPS) is 33.2. The van der Waals surface area contributed by atoms with E-state index in [1.165, 1.54) is 58.3 Å². The highest BCUT2D eigenvalue weighted by molar-refractivity contribution is 5.01. The van der Waals surface area contributed by atoms with Crippen LogP contribution >= 0.6 is 0 Å². The second-order valence-electron chi connectivity index (χ2n) is 5.60. The fraction of sp³-hybridized carbons (Fsp3) is 1.00. The van der Waals surface area contributed by atoms with E-state index in [0.29, 0.717) is 5.54 Å². The smallest absolute Gasteiger partial charge is 0.0309 e. The van der Waals surface area contributed by atoms with Crippen LogP contribution in [0, 0.1) is 5.92 Å². The van der Waals surface area contributed by atoms with Crippen LogP contribution in [0.1, 0.15) is 46.0 Å². The van der Waals surface area contributed by atoms with Crippen LogP contribution in [0.2, 0.25) is 0 Å². The molecule has 1 N–H and O–H groups in total. The van der Waals surface area contributed by atoms with Gasteiger partial charge in [0.25, 0.3) is 0 Å². The molecule has 2 rings (SSSR count). The molecule has 0 bridgehead atoms. The molecule has 1 saturated carbocycles. The maximum Gasteiger partial charge on any atom is 0.0309 e. The van der Waals surface area contributed by atoms with Gasteiger partial charge in [-0.2, -0.15) is 0 Å². The predicted octanol–water partition coefficient (Wildman–Crippen LogP) is 2.25. The standard InChI is InChI=1S/C13H26N2/c1-3-4-5-9-15-10-8-14-13(2,11-15)12-6-7-12/h12,14H,3-11H2,1-2H3. The average Bonchev–Trinajstić information content (AvgIpc) is 3.02. The molecule has 1 saturated heterocycles. The minimum absolute atomic E-state index is 0.435. The lowest BCUT2D eigenvalue weighted by Crippen LogP contribution is -2.60. The molecule has 88 valence electrons. The van der Waals surface area contributed by atoms with Crippen LogP contribution in [0.3, 0.4) is 0 Å². The summed E-state index contributed by atoms with van der Waals surface area (Å²) in [5.41, 5.74) is 0.435. The zero-order valence-electron chi connectivity index (χ0n) is 10.4. The molecule has 2 aliphatic rings. The highest BCUT2D eigenvalue weighted by Gasteiger charge is 2.43. The molecule has 2 nitrogen and oxygen atoms in total. The molecule has 2 fully saturated rings. The van der Waals surface area contributed by atoms with Gasteiger partial charge in [-0.25, -0.2) is 0 Å².